The number of carboxylic acid groups (broad SMARTS) is 1. The molecule has 1 aliphatic carbocycles. The molecule has 0 aromatic heterocycles. The molecular weight excluding hydrogens is 258 g/mol. The number of carbonyl (C=O) groups is 2. The van der Waals surface area contributed by atoms with E-state index in [0.717, 1.165) is 0 Å². The number of alkyl halides is 2. The third kappa shape index (κ3) is 3.11. The van der Waals surface area contributed by atoms with Crippen LogP contribution in [0.4, 0.5) is 8.78 Å². The number of carbonyl (C=O) groups excluding carboxylic acids is 1. The van der Waals surface area contributed by atoms with E-state index in [9.17, 15) is 18.4 Å². The molecule has 110 valence electrons. The molecule has 0 atom stereocenters. The maximum atomic E-state index is 13.5. The van der Waals surface area contributed by atoms with Gasteiger partial charge >= 0.3 is 11.9 Å². The van der Waals surface area contributed by atoms with Gasteiger partial charge in [0, 0.05) is 6.61 Å². The molecule has 0 radical (unpaired) electrons. The lowest BCUT2D eigenvalue weighted by molar-refractivity contribution is -0.189. The smallest absolute Gasteiger partial charge is 0.402 e. The molecule has 0 unspecified atom stereocenters. The molecule has 1 rings (SSSR count). The summed E-state index contributed by atoms with van der Waals surface area (Å²) < 4.78 is 32.2. The number of hydrogen-bond donors (Lipinski definition) is 1. The zero-order valence-electron chi connectivity index (χ0n) is 11.5. The molecule has 1 fully saturated rings. The highest BCUT2D eigenvalue weighted by molar-refractivity contribution is 6.08. The summed E-state index contributed by atoms with van der Waals surface area (Å²) in [6, 6.07) is 0. The number of aliphatic carboxylic acids is 1. The van der Waals surface area contributed by atoms with Gasteiger partial charge in [-0.05, 0) is 38.0 Å². The monoisotopic (exact) mass is 278 g/mol. The van der Waals surface area contributed by atoms with Crippen LogP contribution in [-0.4, -0.2) is 35.0 Å². The lowest BCUT2D eigenvalue weighted by Gasteiger charge is -2.42. The van der Waals surface area contributed by atoms with Crippen LogP contribution in [0.3, 0.4) is 0 Å². The maximum absolute atomic E-state index is 13.5. The average Bonchev–Trinajstić information content (AvgIpc) is 2.31. The van der Waals surface area contributed by atoms with Gasteiger partial charge in [-0.15, -0.1) is 0 Å². The first-order valence-corrected chi connectivity index (χ1v) is 6.37. The molecule has 0 aromatic carbocycles. The number of halogens is 2. The predicted octanol–water partition coefficient (Wildman–Crippen LogP) is 2.65. The molecule has 1 saturated carbocycles. The normalized spacial score (nSPS) is 21.9. The molecular formula is C13H20F2O4. The molecule has 0 spiro atoms. The van der Waals surface area contributed by atoms with Crippen LogP contribution in [0.1, 0.15) is 46.5 Å². The first-order chi connectivity index (χ1) is 8.57. The summed E-state index contributed by atoms with van der Waals surface area (Å²) in [6.07, 6.45) is 1.37. The van der Waals surface area contributed by atoms with Crippen LogP contribution in [0, 0.1) is 5.41 Å². The van der Waals surface area contributed by atoms with Gasteiger partial charge in [-0.3, -0.25) is 4.79 Å². The second-order valence-electron chi connectivity index (χ2n) is 5.80. The van der Waals surface area contributed by atoms with Gasteiger partial charge < -0.3 is 9.84 Å². The van der Waals surface area contributed by atoms with Crippen LogP contribution in [0.2, 0.25) is 0 Å². The van der Waals surface area contributed by atoms with Gasteiger partial charge in [0.25, 0.3) is 0 Å². The SMILES string of the molecule is CCOC1(C(=O)C(F)(F)C(=O)O)CCC(C)(C)CC1. The summed E-state index contributed by atoms with van der Waals surface area (Å²) in [6.45, 7) is 5.68. The Kier molecular flexibility index (Phi) is 4.34. The molecule has 0 aromatic rings. The van der Waals surface area contributed by atoms with E-state index in [1.165, 1.54) is 0 Å². The van der Waals surface area contributed by atoms with Gasteiger partial charge in [0.1, 0.15) is 5.60 Å². The summed E-state index contributed by atoms with van der Waals surface area (Å²) in [7, 11) is 0. The Hall–Kier alpha value is -1.04. The lowest BCUT2D eigenvalue weighted by atomic mass is 9.68. The second kappa shape index (κ2) is 5.15. The van der Waals surface area contributed by atoms with Crippen molar-refractivity contribution in [1.82, 2.24) is 0 Å². The third-order valence-electron chi connectivity index (χ3n) is 3.80. The Balaban J connectivity index is 3.02. The van der Waals surface area contributed by atoms with Crippen molar-refractivity contribution in [1.29, 1.82) is 0 Å². The van der Waals surface area contributed by atoms with E-state index in [-0.39, 0.29) is 24.9 Å². The number of rotatable bonds is 5. The van der Waals surface area contributed by atoms with Gasteiger partial charge in [0.2, 0.25) is 5.78 Å². The number of Topliss-reactive ketones (excluding diaryl/α,β-unsaturated/α-hetero) is 1. The second-order valence-corrected chi connectivity index (χ2v) is 5.80. The van der Waals surface area contributed by atoms with Crippen LogP contribution in [0.5, 0.6) is 0 Å². The zero-order valence-corrected chi connectivity index (χ0v) is 11.5. The topological polar surface area (TPSA) is 63.6 Å². The first kappa shape index (κ1) is 16.0. The molecule has 0 bridgehead atoms. The fourth-order valence-electron chi connectivity index (χ4n) is 2.43. The Bertz CT molecular complexity index is 367. The van der Waals surface area contributed by atoms with Crippen molar-refractivity contribution in [2.45, 2.75) is 58.0 Å². The Labute approximate surface area is 111 Å². The van der Waals surface area contributed by atoms with Crippen molar-refractivity contribution in [3.63, 3.8) is 0 Å². The summed E-state index contributed by atoms with van der Waals surface area (Å²) in [5.41, 5.74) is -1.70. The van der Waals surface area contributed by atoms with Crippen molar-refractivity contribution in [3.8, 4) is 0 Å². The molecule has 0 saturated heterocycles. The van der Waals surface area contributed by atoms with Crippen molar-refractivity contribution in [2.75, 3.05) is 6.61 Å². The van der Waals surface area contributed by atoms with E-state index in [1.807, 2.05) is 13.8 Å². The zero-order chi connectivity index (χ0) is 14.9. The molecule has 0 heterocycles. The summed E-state index contributed by atoms with van der Waals surface area (Å²) >= 11 is 0. The van der Waals surface area contributed by atoms with Crippen molar-refractivity contribution < 1.29 is 28.2 Å². The van der Waals surface area contributed by atoms with E-state index < -0.39 is 23.3 Å². The summed E-state index contributed by atoms with van der Waals surface area (Å²) in [5, 5.41) is 8.50. The predicted molar refractivity (Wildman–Crippen MR) is 64.2 cm³/mol. The van der Waals surface area contributed by atoms with E-state index in [1.54, 1.807) is 6.92 Å². The van der Waals surface area contributed by atoms with Crippen LogP contribution in [0.25, 0.3) is 0 Å². The van der Waals surface area contributed by atoms with Crippen molar-refractivity contribution in [2.24, 2.45) is 5.41 Å². The largest absolute Gasteiger partial charge is 0.476 e. The first-order valence-electron chi connectivity index (χ1n) is 6.37. The number of carboxylic acids is 1. The minimum absolute atomic E-state index is 0.0423. The lowest BCUT2D eigenvalue weighted by Crippen LogP contribution is -2.55. The highest BCUT2D eigenvalue weighted by Crippen LogP contribution is 2.44. The summed E-state index contributed by atoms with van der Waals surface area (Å²) in [4.78, 5) is 22.5. The fourth-order valence-corrected chi connectivity index (χ4v) is 2.43. The van der Waals surface area contributed by atoms with Crippen LogP contribution < -0.4 is 0 Å². The van der Waals surface area contributed by atoms with Gasteiger partial charge in [-0.25, -0.2) is 4.79 Å². The molecule has 4 nitrogen and oxygen atoms in total. The van der Waals surface area contributed by atoms with E-state index in [4.69, 9.17) is 9.84 Å². The van der Waals surface area contributed by atoms with E-state index >= 15 is 0 Å². The van der Waals surface area contributed by atoms with Gasteiger partial charge in [0.15, 0.2) is 0 Å². The number of ether oxygens (including phenoxy) is 1. The Morgan fingerprint density at radius 3 is 2.05 bits per heavy atom. The highest BCUT2D eigenvalue weighted by Gasteiger charge is 2.59. The Morgan fingerprint density at radius 2 is 1.68 bits per heavy atom. The number of hydrogen-bond acceptors (Lipinski definition) is 3. The van der Waals surface area contributed by atoms with Crippen molar-refractivity contribution in [3.05, 3.63) is 0 Å². The molecule has 0 aliphatic heterocycles. The quantitative estimate of drug-likeness (QED) is 0.785. The molecule has 6 heteroatoms. The minimum atomic E-state index is -4.39. The van der Waals surface area contributed by atoms with E-state index in [0.29, 0.717) is 12.8 Å². The molecule has 0 amide bonds. The van der Waals surface area contributed by atoms with Gasteiger partial charge in [0.05, 0.1) is 0 Å². The van der Waals surface area contributed by atoms with Crippen LogP contribution >= 0.6 is 0 Å². The van der Waals surface area contributed by atoms with Crippen LogP contribution in [0.15, 0.2) is 0 Å². The maximum Gasteiger partial charge on any atom is 0.402 e. The van der Waals surface area contributed by atoms with Crippen LogP contribution in [-0.2, 0) is 14.3 Å². The highest BCUT2D eigenvalue weighted by atomic mass is 19.3. The van der Waals surface area contributed by atoms with Crippen molar-refractivity contribution >= 4 is 11.8 Å². The summed E-state index contributed by atoms with van der Waals surface area (Å²) in [5.74, 6) is -8.43. The minimum Gasteiger partial charge on any atom is -0.476 e. The molecule has 1 aliphatic rings. The Morgan fingerprint density at radius 1 is 1.21 bits per heavy atom. The van der Waals surface area contributed by atoms with Gasteiger partial charge in [-0.2, -0.15) is 8.78 Å². The van der Waals surface area contributed by atoms with E-state index in [2.05, 4.69) is 0 Å². The molecule has 1 N–H and O–H groups in total. The standard InChI is InChI=1S/C13H20F2O4/c1-4-19-12(7-5-11(2,3)6-8-12)9(16)13(14,15)10(17)18/h4-8H2,1-3H3,(H,17,18). The fraction of sp³-hybridized carbons (Fsp3) is 0.846. The number of ketones is 1. The molecule has 19 heavy (non-hydrogen) atoms. The third-order valence-corrected chi connectivity index (χ3v) is 3.80. The average molecular weight is 278 g/mol. The van der Waals surface area contributed by atoms with Gasteiger partial charge in [-0.1, -0.05) is 13.8 Å².